The molecular weight excluding hydrogens is 214 g/mol. The lowest BCUT2D eigenvalue weighted by molar-refractivity contribution is 0.330. The van der Waals surface area contributed by atoms with Crippen LogP contribution in [0.2, 0.25) is 0 Å². The topological polar surface area (TPSA) is 44.5 Å². The third kappa shape index (κ3) is 4.38. The number of methoxy groups -OCH3 is 1. The van der Waals surface area contributed by atoms with E-state index in [1.54, 1.807) is 14.0 Å². The smallest absolute Gasteiger partial charge is 0.162 e. The minimum Gasteiger partial charge on any atom is -0.493 e. The molecule has 17 heavy (non-hydrogen) atoms. The quantitative estimate of drug-likeness (QED) is 0.791. The van der Waals surface area contributed by atoms with E-state index in [1.807, 2.05) is 25.1 Å². The van der Waals surface area contributed by atoms with Gasteiger partial charge in [-0.1, -0.05) is 12.0 Å². The van der Waals surface area contributed by atoms with Crippen LogP contribution >= 0.6 is 0 Å². The van der Waals surface area contributed by atoms with E-state index in [-0.39, 0.29) is 6.04 Å². The van der Waals surface area contributed by atoms with Gasteiger partial charge in [-0.2, -0.15) is 0 Å². The third-order valence-electron chi connectivity index (χ3n) is 2.26. The van der Waals surface area contributed by atoms with Gasteiger partial charge in [-0.15, -0.1) is 5.92 Å². The molecule has 92 valence electrons. The summed E-state index contributed by atoms with van der Waals surface area (Å²) in [6, 6.07) is 5.98. The molecule has 0 bridgehead atoms. The minimum absolute atomic E-state index is 0.131. The van der Waals surface area contributed by atoms with E-state index in [0.29, 0.717) is 12.4 Å². The van der Waals surface area contributed by atoms with Gasteiger partial charge in [-0.3, -0.25) is 0 Å². The molecule has 1 aromatic carbocycles. The molecule has 3 nitrogen and oxygen atoms in total. The highest BCUT2D eigenvalue weighted by atomic mass is 16.5. The molecule has 0 radical (unpaired) electrons. The van der Waals surface area contributed by atoms with Crippen molar-refractivity contribution in [3.8, 4) is 23.3 Å². The molecule has 0 amide bonds. The fourth-order valence-corrected chi connectivity index (χ4v) is 1.52. The third-order valence-corrected chi connectivity index (χ3v) is 2.26. The molecule has 0 aliphatic heterocycles. The van der Waals surface area contributed by atoms with E-state index in [0.717, 1.165) is 17.7 Å². The van der Waals surface area contributed by atoms with Gasteiger partial charge in [-0.05, 0) is 38.0 Å². The molecule has 0 aromatic heterocycles. The van der Waals surface area contributed by atoms with Gasteiger partial charge in [-0.25, -0.2) is 0 Å². The highest BCUT2D eigenvalue weighted by molar-refractivity contribution is 5.43. The van der Waals surface area contributed by atoms with Crippen molar-refractivity contribution in [2.75, 3.05) is 13.7 Å². The molecule has 1 atom stereocenters. The van der Waals surface area contributed by atoms with Crippen LogP contribution in [0.4, 0.5) is 0 Å². The average Bonchev–Trinajstić information content (AvgIpc) is 2.29. The first-order valence-corrected chi connectivity index (χ1v) is 5.62. The van der Waals surface area contributed by atoms with Crippen LogP contribution in [-0.2, 0) is 6.42 Å². The number of benzene rings is 1. The predicted molar refractivity (Wildman–Crippen MR) is 69.3 cm³/mol. The molecule has 0 fully saturated rings. The Hall–Kier alpha value is -1.66. The van der Waals surface area contributed by atoms with E-state index < -0.39 is 0 Å². The van der Waals surface area contributed by atoms with Gasteiger partial charge in [0.05, 0.1) is 7.11 Å². The zero-order valence-corrected chi connectivity index (χ0v) is 10.6. The molecule has 0 aliphatic rings. The summed E-state index contributed by atoms with van der Waals surface area (Å²) < 4.78 is 10.8. The normalized spacial score (nSPS) is 11.3. The maximum atomic E-state index is 5.77. The van der Waals surface area contributed by atoms with Crippen molar-refractivity contribution in [1.82, 2.24) is 0 Å². The highest BCUT2D eigenvalue weighted by Crippen LogP contribution is 2.28. The zero-order chi connectivity index (χ0) is 12.7. The Bertz CT molecular complexity index is 416. The second-order valence-corrected chi connectivity index (χ2v) is 3.88. The van der Waals surface area contributed by atoms with E-state index in [2.05, 4.69) is 11.8 Å². The van der Waals surface area contributed by atoms with Crippen LogP contribution < -0.4 is 15.2 Å². The molecule has 0 saturated carbocycles. The number of hydrogen-bond donors (Lipinski definition) is 1. The Morgan fingerprint density at radius 3 is 2.71 bits per heavy atom. The molecule has 0 saturated heterocycles. The summed E-state index contributed by atoms with van der Waals surface area (Å²) >= 11 is 0. The lowest BCUT2D eigenvalue weighted by Crippen LogP contribution is -2.17. The molecule has 1 aromatic rings. The van der Waals surface area contributed by atoms with Gasteiger partial charge >= 0.3 is 0 Å². The fourth-order valence-electron chi connectivity index (χ4n) is 1.52. The van der Waals surface area contributed by atoms with Gasteiger partial charge < -0.3 is 15.2 Å². The Balaban J connectivity index is 2.84. The molecule has 3 heteroatoms. The van der Waals surface area contributed by atoms with Gasteiger partial charge in [0.1, 0.15) is 6.61 Å². The van der Waals surface area contributed by atoms with Crippen LogP contribution in [0.1, 0.15) is 19.4 Å². The average molecular weight is 233 g/mol. The van der Waals surface area contributed by atoms with Gasteiger partial charge in [0.2, 0.25) is 0 Å². The SMILES string of the molecule is CC#CCOc1cc(CC(C)N)ccc1OC. The van der Waals surface area contributed by atoms with Crippen LogP contribution in [0.25, 0.3) is 0 Å². The van der Waals surface area contributed by atoms with E-state index >= 15 is 0 Å². The first kappa shape index (κ1) is 13.4. The number of hydrogen-bond acceptors (Lipinski definition) is 3. The van der Waals surface area contributed by atoms with Crippen LogP contribution in [0.5, 0.6) is 11.5 Å². The highest BCUT2D eigenvalue weighted by Gasteiger charge is 2.06. The summed E-state index contributed by atoms with van der Waals surface area (Å²) in [4.78, 5) is 0. The summed E-state index contributed by atoms with van der Waals surface area (Å²) in [5, 5.41) is 0. The van der Waals surface area contributed by atoms with E-state index in [1.165, 1.54) is 0 Å². The number of ether oxygens (including phenoxy) is 2. The van der Waals surface area contributed by atoms with E-state index in [4.69, 9.17) is 15.2 Å². The molecule has 0 spiro atoms. The Kier molecular flexibility index (Phi) is 5.38. The van der Waals surface area contributed by atoms with Crippen molar-refractivity contribution in [3.63, 3.8) is 0 Å². The maximum absolute atomic E-state index is 5.77. The van der Waals surface area contributed by atoms with Crippen molar-refractivity contribution in [2.45, 2.75) is 26.3 Å². The van der Waals surface area contributed by atoms with Crippen molar-refractivity contribution in [2.24, 2.45) is 5.73 Å². The second-order valence-electron chi connectivity index (χ2n) is 3.88. The molecule has 0 aliphatic carbocycles. The Labute approximate surface area is 103 Å². The summed E-state index contributed by atoms with van der Waals surface area (Å²) in [6.07, 6.45) is 0.819. The first-order chi connectivity index (χ1) is 8.17. The predicted octanol–water partition coefficient (Wildman–Crippen LogP) is 1.99. The molecule has 2 N–H and O–H groups in total. The van der Waals surface area contributed by atoms with Crippen LogP contribution in [0, 0.1) is 11.8 Å². The second kappa shape index (κ2) is 6.82. The molecule has 1 rings (SSSR count). The van der Waals surface area contributed by atoms with Crippen LogP contribution in [0.3, 0.4) is 0 Å². The van der Waals surface area contributed by atoms with Crippen molar-refractivity contribution in [3.05, 3.63) is 23.8 Å². The first-order valence-electron chi connectivity index (χ1n) is 5.62. The van der Waals surface area contributed by atoms with Crippen molar-refractivity contribution >= 4 is 0 Å². The summed E-state index contributed by atoms with van der Waals surface area (Å²) in [5.41, 5.74) is 6.91. The van der Waals surface area contributed by atoms with Crippen LogP contribution in [-0.4, -0.2) is 19.8 Å². The van der Waals surface area contributed by atoms with Gasteiger partial charge in [0, 0.05) is 6.04 Å². The van der Waals surface area contributed by atoms with Crippen molar-refractivity contribution in [1.29, 1.82) is 0 Å². The lowest BCUT2D eigenvalue weighted by Gasteiger charge is -2.11. The van der Waals surface area contributed by atoms with E-state index in [9.17, 15) is 0 Å². The van der Waals surface area contributed by atoms with Gasteiger partial charge in [0.15, 0.2) is 11.5 Å². The number of rotatable bonds is 5. The fraction of sp³-hybridized carbons (Fsp3) is 0.429. The zero-order valence-electron chi connectivity index (χ0n) is 10.6. The standard InChI is InChI=1S/C14H19NO2/c1-4-5-8-17-14-10-12(9-11(2)15)6-7-13(14)16-3/h6-7,10-11H,8-9,15H2,1-3H3. The molecular formula is C14H19NO2. The molecule has 0 heterocycles. The summed E-state index contributed by atoms with van der Waals surface area (Å²) in [5.74, 6) is 7.08. The van der Waals surface area contributed by atoms with Crippen molar-refractivity contribution < 1.29 is 9.47 Å². The minimum atomic E-state index is 0.131. The van der Waals surface area contributed by atoms with Crippen LogP contribution in [0.15, 0.2) is 18.2 Å². The maximum Gasteiger partial charge on any atom is 0.162 e. The summed E-state index contributed by atoms with van der Waals surface area (Å²) in [7, 11) is 1.62. The monoisotopic (exact) mass is 233 g/mol. The van der Waals surface area contributed by atoms with Gasteiger partial charge in [0.25, 0.3) is 0 Å². The molecule has 1 unspecified atom stereocenters. The Morgan fingerprint density at radius 2 is 2.12 bits per heavy atom. The largest absolute Gasteiger partial charge is 0.493 e. The summed E-state index contributed by atoms with van der Waals surface area (Å²) in [6.45, 7) is 4.13. The lowest BCUT2D eigenvalue weighted by atomic mass is 10.1. The Morgan fingerprint density at radius 1 is 1.35 bits per heavy atom. The number of nitrogens with two attached hydrogens (primary N) is 1.